The molecule has 1 aliphatic rings. The van der Waals surface area contributed by atoms with Crippen molar-refractivity contribution in [2.75, 3.05) is 26.2 Å². The van der Waals surface area contributed by atoms with Crippen molar-refractivity contribution in [3.05, 3.63) is 71.2 Å². The fourth-order valence-corrected chi connectivity index (χ4v) is 3.33. The summed E-state index contributed by atoms with van der Waals surface area (Å²) in [5.41, 5.74) is 0.876. The van der Waals surface area contributed by atoms with Crippen LogP contribution in [0.25, 0.3) is 10.9 Å². The first-order valence-electron chi connectivity index (χ1n) is 8.75. The standard InChI is InChI=1S/C20H16F3N3O2/c21-14-2-1-3-17-13(14)11-18(24-17)20(28)26-8-6-25(7-9-26)19(27)12-4-5-15(22)16(23)10-12/h1-5,10-11,24H,6-9H2. The third-order valence-electron chi connectivity index (χ3n) is 4.86. The number of aromatic amines is 1. The van der Waals surface area contributed by atoms with E-state index in [0.29, 0.717) is 10.9 Å². The van der Waals surface area contributed by atoms with Crippen LogP contribution in [0.5, 0.6) is 0 Å². The summed E-state index contributed by atoms with van der Waals surface area (Å²) in [6.45, 7) is 1.09. The van der Waals surface area contributed by atoms with Crippen molar-refractivity contribution in [3.8, 4) is 0 Å². The highest BCUT2D eigenvalue weighted by atomic mass is 19.2. The van der Waals surface area contributed by atoms with Gasteiger partial charge in [0.25, 0.3) is 11.8 Å². The average molecular weight is 387 g/mol. The van der Waals surface area contributed by atoms with Gasteiger partial charge in [-0.3, -0.25) is 9.59 Å². The lowest BCUT2D eigenvalue weighted by Gasteiger charge is -2.34. The summed E-state index contributed by atoms with van der Waals surface area (Å²) in [6.07, 6.45) is 0. The maximum absolute atomic E-state index is 13.8. The van der Waals surface area contributed by atoms with Gasteiger partial charge in [-0.15, -0.1) is 0 Å². The molecule has 0 unspecified atom stereocenters. The Morgan fingerprint density at radius 3 is 2.11 bits per heavy atom. The number of nitrogens with one attached hydrogen (secondary N) is 1. The van der Waals surface area contributed by atoms with E-state index < -0.39 is 23.4 Å². The van der Waals surface area contributed by atoms with Crippen molar-refractivity contribution >= 4 is 22.7 Å². The van der Waals surface area contributed by atoms with Gasteiger partial charge in [-0.25, -0.2) is 13.2 Å². The lowest BCUT2D eigenvalue weighted by Crippen LogP contribution is -2.50. The number of aromatic nitrogens is 1. The second-order valence-corrected chi connectivity index (χ2v) is 6.60. The second kappa shape index (κ2) is 7.03. The number of carbonyl (C=O) groups is 2. The summed E-state index contributed by atoms with van der Waals surface area (Å²) in [6, 6.07) is 9.07. The van der Waals surface area contributed by atoms with Crippen LogP contribution in [0, 0.1) is 17.5 Å². The number of amides is 2. The van der Waals surface area contributed by atoms with E-state index in [9.17, 15) is 22.8 Å². The van der Waals surface area contributed by atoms with Crippen LogP contribution in [0.15, 0.2) is 42.5 Å². The Hall–Kier alpha value is -3.29. The van der Waals surface area contributed by atoms with Crippen molar-refractivity contribution in [2.24, 2.45) is 0 Å². The van der Waals surface area contributed by atoms with Gasteiger partial charge in [0.05, 0.1) is 0 Å². The quantitative estimate of drug-likeness (QED) is 0.734. The van der Waals surface area contributed by atoms with Crippen molar-refractivity contribution in [1.82, 2.24) is 14.8 Å². The number of piperazine rings is 1. The van der Waals surface area contributed by atoms with E-state index in [1.54, 1.807) is 17.0 Å². The lowest BCUT2D eigenvalue weighted by atomic mass is 10.1. The Morgan fingerprint density at radius 1 is 0.786 bits per heavy atom. The Morgan fingerprint density at radius 2 is 1.46 bits per heavy atom. The molecule has 8 heteroatoms. The number of rotatable bonds is 2. The zero-order valence-corrected chi connectivity index (χ0v) is 14.7. The number of hydrogen-bond donors (Lipinski definition) is 1. The minimum atomic E-state index is -1.08. The van der Waals surface area contributed by atoms with E-state index >= 15 is 0 Å². The van der Waals surface area contributed by atoms with Gasteiger partial charge in [-0.05, 0) is 36.4 Å². The van der Waals surface area contributed by atoms with E-state index in [0.717, 1.165) is 12.1 Å². The summed E-state index contributed by atoms with van der Waals surface area (Å²) in [5, 5.41) is 0.345. The molecule has 5 nitrogen and oxygen atoms in total. The van der Waals surface area contributed by atoms with Gasteiger partial charge in [0.2, 0.25) is 0 Å². The zero-order valence-electron chi connectivity index (χ0n) is 14.7. The maximum atomic E-state index is 13.8. The molecule has 2 heterocycles. The van der Waals surface area contributed by atoms with Gasteiger partial charge < -0.3 is 14.8 Å². The number of fused-ring (bicyclic) bond motifs is 1. The topological polar surface area (TPSA) is 56.4 Å². The van der Waals surface area contributed by atoms with Crippen molar-refractivity contribution in [1.29, 1.82) is 0 Å². The summed E-state index contributed by atoms with van der Waals surface area (Å²) in [7, 11) is 0. The smallest absolute Gasteiger partial charge is 0.270 e. The van der Waals surface area contributed by atoms with Crippen LogP contribution in [0.2, 0.25) is 0 Å². The molecule has 1 fully saturated rings. The largest absolute Gasteiger partial charge is 0.350 e. The molecular weight excluding hydrogens is 371 g/mol. The Labute approximate surface area is 158 Å². The summed E-state index contributed by atoms with van der Waals surface area (Å²) in [4.78, 5) is 31.1. The highest BCUT2D eigenvalue weighted by Crippen LogP contribution is 2.20. The molecule has 1 aromatic heterocycles. The summed E-state index contributed by atoms with van der Waals surface area (Å²) < 4.78 is 40.2. The molecule has 2 amide bonds. The van der Waals surface area contributed by atoms with Crippen LogP contribution in [0.4, 0.5) is 13.2 Å². The zero-order chi connectivity index (χ0) is 19.8. The Bertz CT molecular complexity index is 1070. The lowest BCUT2D eigenvalue weighted by molar-refractivity contribution is 0.0532. The Kier molecular flexibility index (Phi) is 4.54. The van der Waals surface area contributed by atoms with Gasteiger partial charge in [-0.2, -0.15) is 0 Å². The fraction of sp³-hybridized carbons (Fsp3) is 0.200. The molecule has 0 spiro atoms. The summed E-state index contributed by atoms with van der Waals surface area (Å²) >= 11 is 0. The van der Waals surface area contributed by atoms with Crippen molar-refractivity contribution in [3.63, 3.8) is 0 Å². The number of nitrogens with zero attached hydrogens (tertiary/aromatic N) is 2. The monoisotopic (exact) mass is 387 g/mol. The van der Waals surface area contributed by atoms with Crippen molar-refractivity contribution in [2.45, 2.75) is 0 Å². The SMILES string of the molecule is O=C(c1ccc(F)c(F)c1)N1CCN(C(=O)c2cc3c(F)cccc3[nH]2)CC1. The van der Waals surface area contributed by atoms with E-state index in [1.165, 1.54) is 23.1 Å². The molecule has 1 N–H and O–H groups in total. The molecule has 1 saturated heterocycles. The van der Waals surface area contributed by atoms with Crippen LogP contribution in [-0.2, 0) is 0 Å². The maximum Gasteiger partial charge on any atom is 0.270 e. The molecule has 1 aliphatic heterocycles. The predicted molar refractivity (Wildman–Crippen MR) is 96.4 cm³/mol. The number of benzene rings is 2. The second-order valence-electron chi connectivity index (χ2n) is 6.60. The first-order valence-corrected chi connectivity index (χ1v) is 8.75. The molecular formula is C20H16F3N3O2. The molecule has 0 radical (unpaired) electrons. The predicted octanol–water partition coefficient (Wildman–Crippen LogP) is 3.18. The minimum Gasteiger partial charge on any atom is -0.350 e. The molecule has 144 valence electrons. The average Bonchev–Trinajstić information content (AvgIpc) is 3.15. The normalized spacial score (nSPS) is 14.5. The third-order valence-corrected chi connectivity index (χ3v) is 4.86. The minimum absolute atomic E-state index is 0.0600. The Balaban J connectivity index is 1.44. The highest BCUT2D eigenvalue weighted by molar-refractivity contribution is 5.98. The molecule has 0 aliphatic carbocycles. The molecule has 4 rings (SSSR count). The molecule has 2 aromatic carbocycles. The fourth-order valence-electron chi connectivity index (χ4n) is 3.33. The molecule has 28 heavy (non-hydrogen) atoms. The highest BCUT2D eigenvalue weighted by Gasteiger charge is 2.27. The molecule has 0 bridgehead atoms. The van der Waals surface area contributed by atoms with E-state index in [1.807, 2.05) is 0 Å². The first-order chi connectivity index (χ1) is 13.4. The van der Waals surface area contributed by atoms with Gasteiger partial charge in [-0.1, -0.05) is 6.07 Å². The van der Waals surface area contributed by atoms with Gasteiger partial charge in [0.15, 0.2) is 11.6 Å². The number of halogens is 3. The molecule has 0 saturated carbocycles. The van der Waals surface area contributed by atoms with E-state index in [2.05, 4.69) is 4.98 Å². The number of carbonyl (C=O) groups excluding carboxylic acids is 2. The summed E-state index contributed by atoms with van der Waals surface area (Å²) in [5.74, 6) is -3.20. The number of H-pyrrole nitrogens is 1. The van der Waals surface area contributed by atoms with Crippen LogP contribution < -0.4 is 0 Å². The van der Waals surface area contributed by atoms with Crippen LogP contribution in [-0.4, -0.2) is 52.8 Å². The van der Waals surface area contributed by atoms with E-state index in [-0.39, 0.29) is 43.3 Å². The van der Waals surface area contributed by atoms with E-state index in [4.69, 9.17) is 0 Å². The van der Waals surface area contributed by atoms with Gasteiger partial charge in [0, 0.05) is 42.6 Å². The van der Waals surface area contributed by atoms with Gasteiger partial charge >= 0.3 is 0 Å². The van der Waals surface area contributed by atoms with Crippen molar-refractivity contribution < 1.29 is 22.8 Å². The van der Waals surface area contributed by atoms with Crippen LogP contribution >= 0.6 is 0 Å². The molecule has 3 aromatic rings. The van der Waals surface area contributed by atoms with Crippen LogP contribution in [0.1, 0.15) is 20.8 Å². The number of hydrogen-bond acceptors (Lipinski definition) is 2. The molecule has 0 atom stereocenters. The van der Waals surface area contributed by atoms with Gasteiger partial charge in [0.1, 0.15) is 11.5 Å². The first kappa shape index (κ1) is 18.1. The third kappa shape index (κ3) is 3.21. The van der Waals surface area contributed by atoms with Crippen LogP contribution in [0.3, 0.4) is 0 Å².